The van der Waals surface area contributed by atoms with Gasteiger partial charge in [-0.1, -0.05) is 23.4 Å². The van der Waals surface area contributed by atoms with Crippen molar-refractivity contribution < 1.29 is 4.79 Å². The lowest BCUT2D eigenvalue weighted by Gasteiger charge is -2.32. The van der Waals surface area contributed by atoms with E-state index in [1.807, 2.05) is 42.2 Å². The number of carbonyl (C=O) groups excluding carboxylic acids is 1. The predicted octanol–water partition coefficient (Wildman–Crippen LogP) is 3.27. The van der Waals surface area contributed by atoms with Crippen LogP contribution in [0.15, 0.2) is 53.2 Å². The van der Waals surface area contributed by atoms with E-state index in [-0.39, 0.29) is 6.03 Å². The van der Waals surface area contributed by atoms with E-state index in [0.717, 1.165) is 23.9 Å². The Labute approximate surface area is 141 Å². The number of rotatable bonds is 3. The molecule has 1 fully saturated rings. The maximum absolute atomic E-state index is 12.7. The molecule has 1 amide bonds. The zero-order valence-electron chi connectivity index (χ0n) is 13.8. The first-order valence-electron chi connectivity index (χ1n) is 8.13. The van der Waals surface area contributed by atoms with Crippen LogP contribution in [0.4, 0.5) is 4.79 Å². The van der Waals surface area contributed by atoms with Crippen molar-refractivity contribution in [2.45, 2.75) is 19.8 Å². The van der Waals surface area contributed by atoms with Crippen molar-refractivity contribution in [1.29, 1.82) is 0 Å². The predicted molar refractivity (Wildman–Crippen MR) is 95.1 cm³/mol. The summed E-state index contributed by atoms with van der Waals surface area (Å²) in [5, 5.41) is 8.07. The second-order valence-electron chi connectivity index (χ2n) is 5.82. The fourth-order valence-corrected chi connectivity index (χ4v) is 3.16. The molecular formula is C18H21N5O. The Balaban J connectivity index is 1.69. The highest BCUT2D eigenvalue weighted by Gasteiger charge is 2.26. The van der Waals surface area contributed by atoms with Gasteiger partial charge in [0.1, 0.15) is 5.52 Å². The van der Waals surface area contributed by atoms with Crippen molar-refractivity contribution in [3.05, 3.63) is 48.2 Å². The van der Waals surface area contributed by atoms with E-state index in [0.29, 0.717) is 19.0 Å². The minimum Gasteiger partial charge on any atom is -0.323 e. The number of benzene rings is 1. The molecule has 1 saturated heterocycles. The van der Waals surface area contributed by atoms with Gasteiger partial charge in [0.05, 0.1) is 5.52 Å². The molecule has 0 bridgehead atoms. The topological polar surface area (TPSA) is 63.4 Å². The molecule has 0 saturated carbocycles. The summed E-state index contributed by atoms with van der Waals surface area (Å²) in [6.45, 7) is 6.92. The fraction of sp³-hybridized carbons (Fsp3) is 0.333. The molecule has 6 heteroatoms. The van der Waals surface area contributed by atoms with Crippen LogP contribution in [-0.2, 0) is 0 Å². The lowest BCUT2D eigenvalue weighted by molar-refractivity contribution is 0.176. The molecule has 1 aliphatic rings. The first kappa shape index (κ1) is 16.1. The number of allylic oxidation sites excluding steroid dienone is 3. The van der Waals surface area contributed by atoms with E-state index in [1.165, 1.54) is 10.3 Å². The highest BCUT2D eigenvalue weighted by Crippen LogP contribution is 2.26. The summed E-state index contributed by atoms with van der Waals surface area (Å²) in [6.07, 6.45) is 7.68. The van der Waals surface area contributed by atoms with Crippen LogP contribution in [0.25, 0.3) is 11.0 Å². The lowest BCUT2D eigenvalue weighted by atomic mass is 9.89. The van der Waals surface area contributed by atoms with E-state index in [4.69, 9.17) is 0 Å². The Kier molecular flexibility index (Phi) is 4.84. The van der Waals surface area contributed by atoms with Gasteiger partial charge in [0.2, 0.25) is 0 Å². The SMILES string of the molecule is C=N/C=C\C(=C/C)C1CCN(C(=O)n2nnc3ccccc32)CC1. The van der Waals surface area contributed by atoms with Gasteiger partial charge in [-0.05, 0) is 56.2 Å². The van der Waals surface area contributed by atoms with Crippen molar-refractivity contribution >= 4 is 23.8 Å². The quantitative estimate of drug-likeness (QED) is 0.643. The monoisotopic (exact) mass is 323 g/mol. The highest BCUT2D eigenvalue weighted by atomic mass is 16.2. The van der Waals surface area contributed by atoms with Crippen LogP contribution in [0, 0.1) is 5.92 Å². The average molecular weight is 323 g/mol. The Morgan fingerprint density at radius 2 is 2.08 bits per heavy atom. The molecule has 3 rings (SSSR count). The molecule has 0 aliphatic carbocycles. The van der Waals surface area contributed by atoms with Gasteiger partial charge in [0, 0.05) is 19.3 Å². The van der Waals surface area contributed by atoms with Gasteiger partial charge in [-0.15, -0.1) is 5.10 Å². The number of carbonyl (C=O) groups is 1. The third kappa shape index (κ3) is 3.13. The number of piperidine rings is 1. The number of para-hydroxylation sites is 1. The van der Waals surface area contributed by atoms with E-state index < -0.39 is 0 Å². The van der Waals surface area contributed by atoms with Crippen molar-refractivity contribution in [2.24, 2.45) is 10.9 Å². The Bertz CT molecular complexity index is 797. The normalized spacial score (nSPS) is 16.9. The first-order valence-corrected chi connectivity index (χ1v) is 8.13. The van der Waals surface area contributed by atoms with Gasteiger partial charge < -0.3 is 4.90 Å². The maximum Gasteiger partial charge on any atom is 0.346 e. The van der Waals surface area contributed by atoms with Gasteiger partial charge in [0.25, 0.3) is 0 Å². The summed E-state index contributed by atoms with van der Waals surface area (Å²) < 4.78 is 1.40. The van der Waals surface area contributed by atoms with Crippen LogP contribution in [0.3, 0.4) is 0 Å². The van der Waals surface area contributed by atoms with Crippen molar-refractivity contribution in [1.82, 2.24) is 19.9 Å². The summed E-state index contributed by atoms with van der Waals surface area (Å²) in [5.74, 6) is 0.449. The van der Waals surface area contributed by atoms with Crippen molar-refractivity contribution in [3.63, 3.8) is 0 Å². The minimum atomic E-state index is -0.104. The van der Waals surface area contributed by atoms with Gasteiger partial charge in [-0.25, -0.2) is 4.79 Å². The van der Waals surface area contributed by atoms with E-state index in [1.54, 1.807) is 6.20 Å². The standard InChI is InChI=1S/C18H21N5O/c1-3-14(8-11-19-2)15-9-12-22(13-10-15)18(24)23-17-7-5-4-6-16(17)20-21-23/h3-8,11,15H,2,9-10,12-13H2,1H3/b11-8-,14-3+. The molecule has 2 aromatic rings. The summed E-state index contributed by atoms with van der Waals surface area (Å²) in [4.78, 5) is 18.3. The first-order chi connectivity index (χ1) is 11.7. The number of hydrogen-bond donors (Lipinski definition) is 0. The molecule has 1 aromatic carbocycles. The van der Waals surface area contributed by atoms with Crippen LogP contribution in [-0.4, -0.2) is 45.7 Å². The van der Waals surface area contributed by atoms with Crippen LogP contribution in [0.5, 0.6) is 0 Å². The molecule has 24 heavy (non-hydrogen) atoms. The fourth-order valence-electron chi connectivity index (χ4n) is 3.16. The molecule has 2 heterocycles. The number of hydrogen-bond acceptors (Lipinski definition) is 4. The van der Waals surface area contributed by atoms with Crippen LogP contribution >= 0.6 is 0 Å². The van der Waals surface area contributed by atoms with Gasteiger partial charge >= 0.3 is 6.03 Å². The van der Waals surface area contributed by atoms with Crippen LogP contribution < -0.4 is 0 Å². The summed E-state index contributed by atoms with van der Waals surface area (Å²) in [5.41, 5.74) is 2.73. The number of amides is 1. The summed E-state index contributed by atoms with van der Waals surface area (Å²) in [7, 11) is 0. The van der Waals surface area contributed by atoms with Crippen molar-refractivity contribution in [2.75, 3.05) is 13.1 Å². The lowest BCUT2D eigenvalue weighted by Crippen LogP contribution is -2.41. The largest absolute Gasteiger partial charge is 0.346 e. The average Bonchev–Trinajstić information content (AvgIpc) is 3.06. The Morgan fingerprint density at radius 1 is 1.33 bits per heavy atom. The molecule has 0 unspecified atom stereocenters. The van der Waals surface area contributed by atoms with Crippen molar-refractivity contribution in [3.8, 4) is 0 Å². The van der Waals surface area contributed by atoms with E-state index in [9.17, 15) is 4.79 Å². The Hall–Kier alpha value is -2.76. The molecular weight excluding hydrogens is 302 g/mol. The second kappa shape index (κ2) is 7.21. The third-order valence-electron chi connectivity index (χ3n) is 4.48. The number of likely N-dealkylation sites (tertiary alicyclic amines) is 1. The van der Waals surface area contributed by atoms with Crippen LogP contribution in [0.2, 0.25) is 0 Å². The summed E-state index contributed by atoms with van der Waals surface area (Å²) >= 11 is 0. The molecule has 1 aromatic heterocycles. The number of aliphatic imine (C=N–C) groups is 1. The second-order valence-corrected chi connectivity index (χ2v) is 5.82. The molecule has 0 N–H and O–H groups in total. The van der Waals surface area contributed by atoms with Gasteiger partial charge in [-0.2, -0.15) is 4.68 Å². The molecule has 6 nitrogen and oxygen atoms in total. The molecule has 124 valence electrons. The minimum absolute atomic E-state index is 0.104. The Morgan fingerprint density at radius 3 is 2.79 bits per heavy atom. The molecule has 0 radical (unpaired) electrons. The van der Waals surface area contributed by atoms with E-state index in [2.05, 4.69) is 28.1 Å². The number of fused-ring (bicyclic) bond motifs is 1. The molecule has 0 spiro atoms. The zero-order chi connectivity index (χ0) is 16.9. The maximum atomic E-state index is 12.7. The van der Waals surface area contributed by atoms with E-state index >= 15 is 0 Å². The molecule has 1 aliphatic heterocycles. The smallest absolute Gasteiger partial charge is 0.323 e. The summed E-state index contributed by atoms with van der Waals surface area (Å²) in [6, 6.07) is 7.40. The molecule has 0 atom stereocenters. The number of aromatic nitrogens is 3. The van der Waals surface area contributed by atoms with Crippen LogP contribution in [0.1, 0.15) is 19.8 Å². The van der Waals surface area contributed by atoms with Gasteiger partial charge in [0.15, 0.2) is 0 Å². The highest BCUT2D eigenvalue weighted by molar-refractivity contribution is 5.87. The zero-order valence-corrected chi connectivity index (χ0v) is 13.8. The van der Waals surface area contributed by atoms with Gasteiger partial charge in [-0.3, -0.25) is 4.99 Å². The third-order valence-corrected chi connectivity index (χ3v) is 4.48. The number of nitrogens with zero attached hydrogens (tertiary/aromatic N) is 5.